The summed E-state index contributed by atoms with van der Waals surface area (Å²) in [7, 11) is -0.698. The van der Waals surface area contributed by atoms with Crippen molar-refractivity contribution in [1.82, 2.24) is 9.21 Å². The third-order valence-electron chi connectivity index (χ3n) is 3.54. The van der Waals surface area contributed by atoms with Crippen LogP contribution in [0.4, 0.5) is 5.69 Å². The molecule has 0 aliphatic heterocycles. The van der Waals surface area contributed by atoms with Crippen molar-refractivity contribution in [2.75, 3.05) is 45.7 Å². The van der Waals surface area contributed by atoms with Crippen molar-refractivity contribution in [3.05, 3.63) is 24.3 Å². The highest BCUT2D eigenvalue weighted by molar-refractivity contribution is 7.89. The molecule has 0 unspecified atom stereocenters. The summed E-state index contributed by atoms with van der Waals surface area (Å²) in [5, 5.41) is 2.69. The second-order valence-corrected chi connectivity index (χ2v) is 8.88. The number of benzene rings is 1. The first kappa shape index (κ1) is 23.1. The Labute approximate surface area is 161 Å². The maximum absolute atomic E-state index is 12.4. The predicted octanol–water partition coefficient (Wildman–Crippen LogP) is 1.40. The molecule has 9 heteroatoms. The zero-order chi connectivity index (χ0) is 20.6. The molecule has 0 aliphatic rings. The standard InChI is InChI=1S/C18H29N3O5S/c1-6-26-18(23)13-21(11-14(2)3)12-17(22)19-15-8-7-9-16(10-15)27(24,25)20(4)5/h7-10,14H,6,11-13H2,1-5H3,(H,19,22). The van der Waals surface area contributed by atoms with Gasteiger partial charge in [0.15, 0.2) is 0 Å². The van der Waals surface area contributed by atoms with Gasteiger partial charge >= 0.3 is 5.97 Å². The van der Waals surface area contributed by atoms with Crippen LogP contribution in [-0.2, 0) is 24.3 Å². The van der Waals surface area contributed by atoms with Gasteiger partial charge in [-0.2, -0.15) is 0 Å². The molecule has 8 nitrogen and oxygen atoms in total. The number of ether oxygens (including phenoxy) is 1. The predicted molar refractivity (Wildman–Crippen MR) is 104 cm³/mol. The van der Waals surface area contributed by atoms with E-state index in [2.05, 4.69) is 5.32 Å². The van der Waals surface area contributed by atoms with Crippen molar-refractivity contribution >= 4 is 27.6 Å². The maximum atomic E-state index is 12.4. The quantitative estimate of drug-likeness (QED) is 0.598. The van der Waals surface area contributed by atoms with E-state index >= 15 is 0 Å². The smallest absolute Gasteiger partial charge is 0.320 e. The van der Waals surface area contributed by atoms with Gasteiger partial charge in [0.25, 0.3) is 0 Å². The van der Waals surface area contributed by atoms with Gasteiger partial charge in [-0.1, -0.05) is 19.9 Å². The van der Waals surface area contributed by atoms with E-state index in [0.717, 1.165) is 4.31 Å². The average Bonchev–Trinajstić information content (AvgIpc) is 2.54. The lowest BCUT2D eigenvalue weighted by Crippen LogP contribution is -2.39. The number of nitrogens with one attached hydrogen (secondary N) is 1. The Morgan fingerprint density at radius 3 is 2.41 bits per heavy atom. The third-order valence-corrected chi connectivity index (χ3v) is 5.36. The van der Waals surface area contributed by atoms with Crippen molar-refractivity contribution in [2.24, 2.45) is 5.92 Å². The highest BCUT2D eigenvalue weighted by Crippen LogP contribution is 2.18. The van der Waals surface area contributed by atoms with Gasteiger partial charge < -0.3 is 10.1 Å². The number of nitrogens with zero attached hydrogens (tertiary/aromatic N) is 2. The lowest BCUT2D eigenvalue weighted by atomic mass is 10.2. The SMILES string of the molecule is CCOC(=O)CN(CC(=O)Nc1cccc(S(=O)(=O)N(C)C)c1)CC(C)C. The summed E-state index contributed by atoms with van der Waals surface area (Å²) in [6.07, 6.45) is 0. The van der Waals surface area contributed by atoms with Crippen molar-refractivity contribution in [2.45, 2.75) is 25.7 Å². The van der Waals surface area contributed by atoms with Crippen molar-refractivity contribution in [3.63, 3.8) is 0 Å². The first-order chi connectivity index (χ1) is 12.6. The Morgan fingerprint density at radius 1 is 1.19 bits per heavy atom. The van der Waals surface area contributed by atoms with E-state index in [9.17, 15) is 18.0 Å². The second kappa shape index (κ2) is 10.4. The number of anilines is 1. The minimum atomic E-state index is -3.59. The Morgan fingerprint density at radius 2 is 1.85 bits per heavy atom. The molecule has 1 N–H and O–H groups in total. The monoisotopic (exact) mass is 399 g/mol. The summed E-state index contributed by atoms with van der Waals surface area (Å²) in [5.74, 6) is -0.454. The van der Waals surface area contributed by atoms with E-state index in [1.807, 2.05) is 13.8 Å². The number of sulfonamides is 1. The van der Waals surface area contributed by atoms with Crippen LogP contribution < -0.4 is 5.32 Å². The molecular weight excluding hydrogens is 370 g/mol. The molecule has 1 rings (SSSR count). The molecule has 27 heavy (non-hydrogen) atoms. The second-order valence-electron chi connectivity index (χ2n) is 6.73. The molecule has 1 amide bonds. The van der Waals surface area contributed by atoms with Crippen LogP contribution in [-0.4, -0.2) is 69.8 Å². The third kappa shape index (κ3) is 7.66. The Hall–Kier alpha value is -1.97. The lowest BCUT2D eigenvalue weighted by molar-refractivity contribution is -0.144. The molecule has 0 radical (unpaired) electrons. The molecule has 0 heterocycles. The molecular formula is C18H29N3O5S. The van der Waals surface area contributed by atoms with E-state index in [4.69, 9.17) is 4.74 Å². The summed E-state index contributed by atoms with van der Waals surface area (Å²) in [5.41, 5.74) is 0.378. The van der Waals surface area contributed by atoms with E-state index in [1.165, 1.54) is 26.2 Å². The number of carbonyl (C=O) groups is 2. The van der Waals surface area contributed by atoms with Crippen LogP contribution in [0.15, 0.2) is 29.2 Å². The zero-order valence-electron chi connectivity index (χ0n) is 16.6. The van der Waals surface area contributed by atoms with E-state index in [0.29, 0.717) is 12.2 Å². The summed E-state index contributed by atoms with van der Waals surface area (Å²) >= 11 is 0. The molecule has 152 valence electrons. The number of rotatable bonds is 10. The Kier molecular flexibility index (Phi) is 8.87. The van der Waals surface area contributed by atoms with Gasteiger partial charge in [-0.25, -0.2) is 12.7 Å². The van der Waals surface area contributed by atoms with Gasteiger partial charge in [0.1, 0.15) is 0 Å². The first-order valence-electron chi connectivity index (χ1n) is 8.76. The van der Waals surface area contributed by atoms with Gasteiger partial charge in [-0.15, -0.1) is 0 Å². The van der Waals surface area contributed by atoms with Gasteiger partial charge in [0, 0.05) is 26.3 Å². The van der Waals surface area contributed by atoms with Gasteiger partial charge in [0.2, 0.25) is 15.9 Å². The minimum Gasteiger partial charge on any atom is -0.465 e. The van der Waals surface area contributed by atoms with Gasteiger partial charge in [0.05, 0.1) is 24.6 Å². The molecule has 0 atom stereocenters. The molecule has 1 aromatic rings. The number of hydrogen-bond donors (Lipinski definition) is 1. The van der Waals surface area contributed by atoms with E-state index in [-0.39, 0.29) is 42.4 Å². The number of carbonyl (C=O) groups excluding carboxylic acids is 2. The maximum Gasteiger partial charge on any atom is 0.320 e. The number of hydrogen-bond acceptors (Lipinski definition) is 6. The summed E-state index contributed by atoms with van der Waals surface area (Å²) < 4.78 is 30.5. The molecule has 0 spiro atoms. The number of amides is 1. The summed E-state index contributed by atoms with van der Waals surface area (Å²) in [4.78, 5) is 25.9. The van der Waals surface area contributed by atoms with Crippen LogP contribution in [0, 0.1) is 5.92 Å². The van der Waals surface area contributed by atoms with Gasteiger partial charge in [-0.05, 0) is 31.0 Å². The average molecular weight is 400 g/mol. The van der Waals surface area contributed by atoms with Crippen LogP contribution in [0.3, 0.4) is 0 Å². The summed E-state index contributed by atoms with van der Waals surface area (Å²) in [6, 6.07) is 6.06. The van der Waals surface area contributed by atoms with E-state index in [1.54, 1.807) is 24.0 Å². The molecule has 0 aliphatic carbocycles. The topological polar surface area (TPSA) is 96.0 Å². The highest BCUT2D eigenvalue weighted by atomic mass is 32.2. The van der Waals surface area contributed by atoms with Crippen LogP contribution in [0.2, 0.25) is 0 Å². The van der Waals surface area contributed by atoms with Crippen LogP contribution in [0.5, 0.6) is 0 Å². The fraction of sp³-hybridized carbons (Fsp3) is 0.556. The number of esters is 1. The highest BCUT2D eigenvalue weighted by Gasteiger charge is 2.19. The van der Waals surface area contributed by atoms with Crippen molar-refractivity contribution in [1.29, 1.82) is 0 Å². The molecule has 0 fully saturated rings. The molecule has 0 bridgehead atoms. The van der Waals surface area contributed by atoms with Gasteiger partial charge in [-0.3, -0.25) is 14.5 Å². The lowest BCUT2D eigenvalue weighted by Gasteiger charge is -2.22. The molecule has 0 aromatic heterocycles. The summed E-state index contributed by atoms with van der Waals surface area (Å²) in [6.45, 7) is 6.58. The normalized spacial score (nSPS) is 11.9. The molecule has 1 aromatic carbocycles. The molecule has 0 saturated heterocycles. The van der Waals surface area contributed by atoms with Crippen LogP contribution >= 0.6 is 0 Å². The van der Waals surface area contributed by atoms with Crippen LogP contribution in [0.25, 0.3) is 0 Å². The van der Waals surface area contributed by atoms with E-state index < -0.39 is 10.0 Å². The first-order valence-corrected chi connectivity index (χ1v) is 10.2. The van der Waals surface area contributed by atoms with Crippen molar-refractivity contribution in [3.8, 4) is 0 Å². The Balaban J connectivity index is 2.83. The van der Waals surface area contributed by atoms with Crippen LogP contribution in [0.1, 0.15) is 20.8 Å². The fourth-order valence-corrected chi connectivity index (χ4v) is 3.39. The van der Waals surface area contributed by atoms with Crippen molar-refractivity contribution < 1.29 is 22.7 Å². The fourth-order valence-electron chi connectivity index (χ4n) is 2.44. The largest absolute Gasteiger partial charge is 0.465 e. The minimum absolute atomic E-state index is 0.00164. The Bertz CT molecular complexity index is 747. The zero-order valence-corrected chi connectivity index (χ0v) is 17.4. The molecule has 0 saturated carbocycles.